The van der Waals surface area contributed by atoms with Crippen LogP contribution in [0.15, 0.2) is 48.9 Å². The minimum absolute atomic E-state index is 0.0159. The molecule has 1 aromatic carbocycles. The topological polar surface area (TPSA) is 123 Å². The molecule has 37 heavy (non-hydrogen) atoms. The number of nitrogens with zero attached hydrogens (tertiary/aromatic N) is 3. The zero-order chi connectivity index (χ0) is 26.9. The van der Waals surface area contributed by atoms with Gasteiger partial charge in [0.25, 0.3) is 5.91 Å². The van der Waals surface area contributed by atoms with Crippen LogP contribution in [0.2, 0.25) is 0 Å². The summed E-state index contributed by atoms with van der Waals surface area (Å²) in [6, 6.07) is 8.04. The molecule has 4 atom stereocenters. The molecule has 10 nitrogen and oxygen atoms in total. The molecule has 2 aromatic rings. The first-order valence-corrected chi connectivity index (χ1v) is 12.6. The molecular formula is C26H36BN5O5. The van der Waals surface area contributed by atoms with E-state index in [9.17, 15) is 14.4 Å². The van der Waals surface area contributed by atoms with Crippen LogP contribution in [0.3, 0.4) is 0 Å². The third-order valence-electron chi connectivity index (χ3n) is 6.46. The number of aromatic nitrogens is 2. The lowest BCUT2D eigenvalue weighted by Crippen LogP contribution is -2.59. The SMILES string of the molecule is CC(C)C[C@H](NC(=O)[C@H](Cc1ccccc1)NC(=O)c1cnccn1)B1OC[C@@H](C)N(C)[C@@H](C)C(=O)O1. The number of carbonyl (C=O) groups excluding carboxylic acids is 3. The molecule has 2 amide bonds. The van der Waals surface area contributed by atoms with Crippen molar-refractivity contribution >= 4 is 24.9 Å². The van der Waals surface area contributed by atoms with Crippen LogP contribution in [0.4, 0.5) is 0 Å². The van der Waals surface area contributed by atoms with Crippen molar-refractivity contribution in [2.24, 2.45) is 5.92 Å². The summed E-state index contributed by atoms with van der Waals surface area (Å²) in [5.41, 5.74) is 0.985. The zero-order valence-electron chi connectivity index (χ0n) is 22.1. The predicted octanol–water partition coefficient (Wildman–Crippen LogP) is 1.66. The first-order chi connectivity index (χ1) is 17.7. The minimum Gasteiger partial charge on any atom is -0.507 e. The lowest BCUT2D eigenvalue weighted by molar-refractivity contribution is -0.144. The summed E-state index contributed by atoms with van der Waals surface area (Å²) in [5.74, 6) is -1.77. The van der Waals surface area contributed by atoms with E-state index in [2.05, 4.69) is 20.6 Å². The van der Waals surface area contributed by atoms with E-state index in [0.29, 0.717) is 13.0 Å². The molecule has 3 rings (SSSR count). The normalized spacial score (nSPS) is 20.4. The van der Waals surface area contributed by atoms with Crippen molar-refractivity contribution in [2.75, 3.05) is 13.7 Å². The van der Waals surface area contributed by atoms with Gasteiger partial charge in [0.15, 0.2) is 0 Å². The van der Waals surface area contributed by atoms with Crippen molar-refractivity contribution in [2.45, 2.75) is 64.6 Å². The fourth-order valence-electron chi connectivity index (χ4n) is 4.08. The molecule has 1 saturated heterocycles. The Labute approximate surface area is 218 Å². The third-order valence-corrected chi connectivity index (χ3v) is 6.46. The maximum absolute atomic E-state index is 13.6. The second kappa shape index (κ2) is 13.3. The lowest BCUT2D eigenvalue weighted by atomic mass is 9.73. The summed E-state index contributed by atoms with van der Waals surface area (Å²) in [6.07, 6.45) is 5.00. The minimum atomic E-state index is -0.953. The van der Waals surface area contributed by atoms with Gasteiger partial charge in [0.2, 0.25) is 5.91 Å². The summed E-state index contributed by atoms with van der Waals surface area (Å²) >= 11 is 0. The van der Waals surface area contributed by atoms with Crippen LogP contribution in [-0.4, -0.2) is 77.5 Å². The van der Waals surface area contributed by atoms with E-state index in [1.807, 2.05) is 63.1 Å². The summed E-state index contributed by atoms with van der Waals surface area (Å²) in [5, 5.41) is 5.78. The van der Waals surface area contributed by atoms with Crippen molar-refractivity contribution < 1.29 is 23.7 Å². The molecule has 11 heteroatoms. The number of hydrogen-bond acceptors (Lipinski definition) is 8. The average molecular weight is 509 g/mol. The van der Waals surface area contributed by atoms with Gasteiger partial charge in [-0.2, -0.15) is 0 Å². The van der Waals surface area contributed by atoms with Crippen LogP contribution < -0.4 is 10.6 Å². The molecule has 0 saturated carbocycles. The van der Waals surface area contributed by atoms with Crippen LogP contribution in [0.1, 0.15) is 50.2 Å². The van der Waals surface area contributed by atoms with E-state index < -0.39 is 42.9 Å². The van der Waals surface area contributed by atoms with Crippen LogP contribution in [-0.2, 0) is 25.3 Å². The van der Waals surface area contributed by atoms with E-state index in [1.165, 1.54) is 18.6 Å². The van der Waals surface area contributed by atoms with Gasteiger partial charge < -0.3 is 19.9 Å². The van der Waals surface area contributed by atoms with Gasteiger partial charge in [0, 0.05) is 31.5 Å². The van der Waals surface area contributed by atoms with E-state index in [0.717, 1.165) is 5.56 Å². The van der Waals surface area contributed by atoms with Crippen molar-refractivity contribution in [3.63, 3.8) is 0 Å². The Morgan fingerprint density at radius 3 is 2.54 bits per heavy atom. The van der Waals surface area contributed by atoms with Crippen molar-refractivity contribution in [3.8, 4) is 0 Å². The van der Waals surface area contributed by atoms with Gasteiger partial charge in [0.05, 0.1) is 12.1 Å². The standard InChI is InChI=1S/C26H36BN5O5/c1-17(2)13-23(27-36-16-18(3)32(5)19(4)26(35)37-27)31-24(33)21(14-20-9-7-6-8-10-20)30-25(34)22-15-28-11-12-29-22/h6-12,15,17-19,21,23H,13-14,16H2,1-5H3,(H,30,34)(H,31,33)/t18-,19+,21+,23+/m1/s1. The maximum Gasteiger partial charge on any atom is 0.551 e. The molecular weight excluding hydrogens is 473 g/mol. The third kappa shape index (κ3) is 8.09. The molecule has 0 unspecified atom stereocenters. The van der Waals surface area contributed by atoms with E-state index in [1.54, 1.807) is 6.92 Å². The molecule has 1 fully saturated rings. The molecule has 2 heterocycles. The Hall–Kier alpha value is -3.31. The second-order valence-electron chi connectivity index (χ2n) is 9.88. The number of amides is 2. The molecule has 0 bridgehead atoms. The van der Waals surface area contributed by atoms with Crippen molar-refractivity contribution in [1.29, 1.82) is 0 Å². The van der Waals surface area contributed by atoms with Gasteiger partial charge in [-0.1, -0.05) is 44.2 Å². The van der Waals surface area contributed by atoms with Gasteiger partial charge in [0.1, 0.15) is 17.8 Å². The Morgan fingerprint density at radius 2 is 1.89 bits per heavy atom. The van der Waals surface area contributed by atoms with Crippen LogP contribution in [0.25, 0.3) is 0 Å². The van der Waals surface area contributed by atoms with Gasteiger partial charge in [-0.3, -0.25) is 24.3 Å². The quantitative estimate of drug-likeness (QED) is 0.490. The first kappa shape index (κ1) is 28.3. The van der Waals surface area contributed by atoms with Gasteiger partial charge in [-0.15, -0.1) is 0 Å². The highest BCUT2D eigenvalue weighted by molar-refractivity contribution is 6.49. The number of benzene rings is 1. The van der Waals surface area contributed by atoms with E-state index in [-0.39, 0.29) is 24.1 Å². The van der Waals surface area contributed by atoms with Crippen LogP contribution >= 0.6 is 0 Å². The van der Waals surface area contributed by atoms with E-state index in [4.69, 9.17) is 9.31 Å². The van der Waals surface area contributed by atoms with Gasteiger partial charge >= 0.3 is 13.1 Å². The molecule has 1 aliphatic heterocycles. The average Bonchev–Trinajstić information content (AvgIpc) is 2.89. The number of likely N-dealkylation sites (N-methyl/N-ethyl adjacent to an activating group) is 1. The summed E-state index contributed by atoms with van der Waals surface area (Å²) in [6.45, 7) is 8.12. The fourth-order valence-corrected chi connectivity index (χ4v) is 4.08. The molecule has 0 radical (unpaired) electrons. The zero-order valence-corrected chi connectivity index (χ0v) is 22.1. The Kier molecular flexibility index (Phi) is 10.2. The highest BCUT2D eigenvalue weighted by Gasteiger charge is 2.41. The van der Waals surface area contributed by atoms with Gasteiger partial charge in [-0.05, 0) is 38.8 Å². The molecule has 198 valence electrons. The monoisotopic (exact) mass is 509 g/mol. The number of hydrogen-bond donors (Lipinski definition) is 2. The molecule has 1 aliphatic rings. The second-order valence-corrected chi connectivity index (χ2v) is 9.88. The number of rotatable bonds is 9. The molecule has 2 N–H and O–H groups in total. The number of carbonyl (C=O) groups is 3. The largest absolute Gasteiger partial charge is 0.551 e. The van der Waals surface area contributed by atoms with Crippen molar-refractivity contribution in [1.82, 2.24) is 25.5 Å². The molecule has 1 aromatic heterocycles. The predicted molar refractivity (Wildman–Crippen MR) is 139 cm³/mol. The Morgan fingerprint density at radius 1 is 1.16 bits per heavy atom. The maximum atomic E-state index is 13.6. The Balaban J connectivity index is 1.82. The lowest BCUT2D eigenvalue weighted by Gasteiger charge is -2.36. The summed E-state index contributed by atoms with van der Waals surface area (Å²) in [7, 11) is 0.896. The van der Waals surface area contributed by atoms with Crippen LogP contribution in [0.5, 0.6) is 0 Å². The van der Waals surface area contributed by atoms with Crippen LogP contribution in [0, 0.1) is 5.92 Å². The highest BCUT2D eigenvalue weighted by atomic mass is 16.6. The first-order valence-electron chi connectivity index (χ1n) is 12.6. The number of nitrogens with one attached hydrogen (secondary N) is 2. The van der Waals surface area contributed by atoms with Crippen molar-refractivity contribution in [3.05, 3.63) is 60.2 Å². The fraction of sp³-hybridized carbons (Fsp3) is 0.500. The summed E-state index contributed by atoms with van der Waals surface area (Å²) in [4.78, 5) is 49.1. The van der Waals surface area contributed by atoms with E-state index >= 15 is 0 Å². The molecule has 0 spiro atoms. The Bertz CT molecular complexity index is 1040. The summed E-state index contributed by atoms with van der Waals surface area (Å²) < 4.78 is 11.7. The smallest absolute Gasteiger partial charge is 0.507 e. The molecule has 0 aliphatic carbocycles. The highest BCUT2D eigenvalue weighted by Crippen LogP contribution is 2.17. The van der Waals surface area contributed by atoms with Gasteiger partial charge in [-0.25, -0.2) is 4.98 Å².